The molecule has 1 aromatic heterocycles. The Kier molecular flexibility index (Phi) is 3.88. The molecule has 1 saturated heterocycles. The fourth-order valence-electron chi connectivity index (χ4n) is 1.97. The monoisotopic (exact) mass is 253 g/mol. The number of nitrogens with zero attached hydrogens (tertiary/aromatic N) is 2. The van der Waals surface area contributed by atoms with Crippen molar-refractivity contribution >= 4 is 11.7 Å². The average molecular weight is 253 g/mol. The van der Waals surface area contributed by atoms with Gasteiger partial charge in [-0.25, -0.2) is 9.37 Å². The number of rotatable bonds is 3. The zero-order valence-corrected chi connectivity index (χ0v) is 10.1. The first kappa shape index (κ1) is 12.9. The number of carbonyl (C=O) groups excluding carboxylic acids is 1. The summed E-state index contributed by atoms with van der Waals surface area (Å²) < 4.78 is 12.7. The molecular formula is C12H16FN3O2. The summed E-state index contributed by atoms with van der Waals surface area (Å²) in [5.74, 6) is -0.320. The maximum Gasteiger partial charge on any atom is 0.242 e. The molecule has 1 aliphatic heterocycles. The van der Waals surface area contributed by atoms with E-state index in [4.69, 9.17) is 0 Å². The van der Waals surface area contributed by atoms with Gasteiger partial charge in [0.2, 0.25) is 5.91 Å². The Morgan fingerprint density at radius 2 is 2.44 bits per heavy atom. The first-order chi connectivity index (χ1) is 8.56. The van der Waals surface area contributed by atoms with E-state index >= 15 is 0 Å². The van der Waals surface area contributed by atoms with Crippen LogP contribution in [-0.2, 0) is 4.79 Å². The molecule has 0 bridgehead atoms. The first-order valence-electron chi connectivity index (χ1n) is 5.91. The zero-order valence-electron chi connectivity index (χ0n) is 10.1. The van der Waals surface area contributed by atoms with Gasteiger partial charge in [-0.1, -0.05) is 0 Å². The third kappa shape index (κ3) is 3.02. The Bertz CT molecular complexity index is 424. The van der Waals surface area contributed by atoms with Crippen LogP contribution in [0, 0.1) is 5.82 Å². The summed E-state index contributed by atoms with van der Waals surface area (Å²) in [5.41, 5.74) is 0. The Morgan fingerprint density at radius 3 is 3.00 bits per heavy atom. The van der Waals surface area contributed by atoms with E-state index < -0.39 is 5.82 Å². The molecule has 0 aliphatic carbocycles. The molecule has 98 valence electrons. The highest BCUT2D eigenvalue weighted by molar-refractivity contribution is 5.93. The molecule has 0 spiro atoms. The van der Waals surface area contributed by atoms with E-state index in [2.05, 4.69) is 10.3 Å². The van der Waals surface area contributed by atoms with Crippen molar-refractivity contribution in [3.8, 4) is 0 Å². The number of hydrogen-bond donors (Lipinski definition) is 2. The quantitative estimate of drug-likeness (QED) is 0.828. The highest BCUT2D eigenvalue weighted by atomic mass is 19.1. The molecule has 1 aliphatic rings. The highest BCUT2D eigenvalue weighted by Crippen LogP contribution is 2.14. The molecule has 1 amide bonds. The van der Waals surface area contributed by atoms with Crippen LogP contribution < -0.4 is 5.32 Å². The molecule has 2 atom stereocenters. The van der Waals surface area contributed by atoms with E-state index in [0.717, 1.165) is 6.20 Å². The van der Waals surface area contributed by atoms with Crippen LogP contribution in [0.5, 0.6) is 0 Å². The molecule has 5 nitrogen and oxygen atoms in total. The van der Waals surface area contributed by atoms with Gasteiger partial charge in [0.1, 0.15) is 11.6 Å². The fourth-order valence-corrected chi connectivity index (χ4v) is 1.97. The van der Waals surface area contributed by atoms with Gasteiger partial charge in [0.15, 0.2) is 0 Å². The molecule has 6 heteroatoms. The number of aliphatic hydroxyl groups is 1. The van der Waals surface area contributed by atoms with Crippen LogP contribution in [0.25, 0.3) is 0 Å². The Balaban J connectivity index is 1.93. The second-order valence-corrected chi connectivity index (χ2v) is 4.46. The van der Waals surface area contributed by atoms with E-state index in [9.17, 15) is 14.3 Å². The van der Waals surface area contributed by atoms with Crippen LogP contribution in [0.2, 0.25) is 0 Å². The van der Waals surface area contributed by atoms with Crippen LogP contribution in [0.3, 0.4) is 0 Å². The SMILES string of the molecule is CC(C(=O)Nc1ccc(F)cn1)N1CCC(O)C1. The number of nitrogens with one attached hydrogen (secondary N) is 1. The Morgan fingerprint density at radius 1 is 1.67 bits per heavy atom. The lowest BCUT2D eigenvalue weighted by Crippen LogP contribution is -2.41. The summed E-state index contributed by atoms with van der Waals surface area (Å²) in [7, 11) is 0. The third-order valence-corrected chi connectivity index (χ3v) is 3.10. The molecule has 0 saturated carbocycles. The zero-order chi connectivity index (χ0) is 13.1. The van der Waals surface area contributed by atoms with Crippen molar-refractivity contribution in [2.75, 3.05) is 18.4 Å². The minimum Gasteiger partial charge on any atom is -0.392 e. The van der Waals surface area contributed by atoms with E-state index in [1.807, 2.05) is 4.90 Å². The molecule has 0 radical (unpaired) electrons. The lowest BCUT2D eigenvalue weighted by Gasteiger charge is -2.22. The van der Waals surface area contributed by atoms with Gasteiger partial charge in [-0.05, 0) is 25.5 Å². The fraction of sp³-hybridized carbons (Fsp3) is 0.500. The van der Waals surface area contributed by atoms with Gasteiger partial charge in [-0.15, -0.1) is 0 Å². The van der Waals surface area contributed by atoms with Crippen molar-refractivity contribution in [3.63, 3.8) is 0 Å². The van der Waals surface area contributed by atoms with Gasteiger partial charge in [-0.2, -0.15) is 0 Å². The third-order valence-electron chi connectivity index (χ3n) is 3.10. The number of pyridine rings is 1. The number of β-amino-alcohol motifs (C(OH)–C–C–N with tert-alkyl or cyclic N) is 1. The van der Waals surface area contributed by atoms with Crippen molar-refractivity contribution in [3.05, 3.63) is 24.1 Å². The van der Waals surface area contributed by atoms with Crippen molar-refractivity contribution in [1.82, 2.24) is 9.88 Å². The van der Waals surface area contributed by atoms with Crippen LogP contribution >= 0.6 is 0 Å². The van der Waals surface area contributed by atoms with Gasteiger partial charge in [-0.3, -0.25) is 9.69 Å². The van der Waals surface area contributed by atoms with Gasteiger partial charge >= 0.3 is 0 Å². The van der Waals surface area contributed by atoms with Crippen molar-refractivity contribution < 1.29 is 14.3 Å². The van der Waals surface area contributed by atoms with E-state index in [0.29, 0.717) is 25.3 Å². The molecule has 18 heavy (non-hydrogen) atoms. The van der Waals surface area contributed by atoms with Crippen molar-refractivity contribution in [1.29, 1.82) is 0 Å². The number of aliphatic hydroxyl groups excluding tert-OH is 1. The largest absolute Gasteiger partial charge is 0.392 e. The predicted octanol–water partition coefficient (Wildman–Crippen LogP) is 0.614. The predicted molar refractivity (Wildman–Crippen MR) is 64.5 cm³/mol. The molecular weight excluding hydrogens is 237 g/mol. The van der Waals surface area contributed by atoms with Gasteiger partial charge in [0, 0.05) is 13.1 Å². The maximum absolute atomic E-state index is 12.7. The Hall–Kier alpha value is -1.53. The smallest absolute Gasteiger partial charge is 0.242 e. The summed E-state index contributed by atoms with van der Waals surface area (Å²) in [5, 5.41) is 12.0. The van der Waals surface area contributed by atoms with Crippen molar-refractivity contribution in [2.24, 2.45) is 0 Å². The van der Waals surface area contributed by atoms with E-state index in [1.54, 1.807) is 6.92 Å². The molecule has 0 aromatic carbocycles. The maximum atomic E-state index is 12.7. The number of amides is 1. The molecule has 2 unspecified atom stereocenters. The highest BCUT2D eigenvalue weighted by Gasteiger charge is 2.28. The topological polar surface area (TPSA) is 65.5 Å². The van der Waals surface area contributed by atoms with Crippen molar-refractivity contribution in [2.45, 2.75) is 25.5 Å². The minimum absolute atomic E-state index is 0.205. The van der Waals surface area contributed by atoms with Crippen LogP contribution in [-0.4, -0.2) is 46.1 Å². The first-order valence-corrected chi connectivity index (χ1v) is 5.91. The summed E-state index contributed by atoms with van der Waals surface area (Å²) in [6.07, 6.45) is 1.39. The molecule has 1 aromatic rings. The standard InChI is InChI=1S/C12H16FN3O2/c1-8(16-5-4-10(17)7-16)12(18)15-11-3-2-9(13)6-14-11/h2-3,6,8,10,17H,4-5,7H2,1H3,(H,14,15,18). The number of carbonyl (C=O) groups is 1. The van der Waals surface area contributed by atoms with Crippen LogP contribution in [0.4, 0.5) is 10.2 Å². The second-order valence-electron chi connectivity index (χ2n) is 4.46. The lowest BCUT2D eigenvalue weighted by atomic mass is 10.2. The molecule has 1 fully saturated rings. The van der Waals surface area contributed by atoms with Crippen LogP contribution in [0.1, 0.15) is 13.3 Å². The molecule has 2 heterocycles. The van der Waals surface area contributed by atoms with Gasteiger partial charge < -0.3 is 10.4 Å². The molecule has 2 N–H and O–H groups in total. The summed E-state index contributed by atoms with van der Waals surface area (Å²) in [4.78, 5) is 17.6. The van der Waals surface area contributed by atoms with E-state index in [1.165, 1.54) is 12.1 Å². The number of likely N-dealkylation sites (tertiary alicyclic amines) is 1. The second kappa shape index (κ2) is 5.41. The summed E-state index contributed by atoms with van der Waals surface area (Å²) >= 11 is 0. The number of anilines is 1. The Labute approximate surface area is 105 Å². The van der Waals surface area contributed by atoms with Crippen LogP contribution in [0.15, 0.2) is 18.3 Å². The van der Waals surface area contributed by atoms with E-state index in [-0.39, 0.29) is 18.1 Å². The summed E-state index contributed by atoms with van der Waals surface area (Å²) in [6, 6.07) is 2.32. The number of hydrogen-bond acceptors (Lipinski definition) is 4. The molecule has 2 rings (SSSR count). The van der Waals surface area contributed by atoms with Gasteiger partial charge in [0.05, 0.1) is 18.3 Å². The summed E-state index contributed by atoms with van der Waals surface area (Å²) in [6.45, 7) is 2.98. The normalized spacial score (nSPS) is 21.8. The minimum atomic E-state index is -0.441. The lowest BCUT2D eigenvalue weighted by molar-refractivity contribution is -0.120. The number of aromatic nitrogens is 1. The number of halogens is 1. The average Bonchev–Trinajstić information content (AvgIpc) is 2.78. The van der Waals surface area contributed by atoms with Gasteiger partial charge in [0.25, 0.3) is 0 Å².